The number of imidazole rings is 1. The zero-order chi connectivity index (χ0) is 28.2. The second-order valence-electron chi connectivity index (χ2n) is 8.60. The quantitative estimate of drug-likeness (QED) is 0.182. The Hall–Kier alpha value is -5.19. The fraction of sp³-hybridized carbons (Fsp3) is 0.172. The first-order chi connectivity index (χ1) is 19.5. The van der Waals surface area contributed by atoms with Crippen LogP contribution in [0.25, 0.3) is 0 Å². The average molecular weight is 546 g/mol. The minimum absolute atomic E-state index is 0.0642. The molecular weight excluding hydrogens is 517 g/mol. The van der Waals surface area contributed by atoms with Crippen LogP contribution in [0, 0.1) is 5.82 Å². The summed E-state index contributed by atoms with van der Waals surface area (Å²) in [5.41, 5.74) is 5.35. The van der Waals surface area contributed by atoms with Gasteiger partial charge in [-0.05, 0) is 47.0 Å². The number of benzene rings is 3. The molecule has 0 radical (unpaired) electrons. The molecule has 11 heteroatoms. The highest BCUT2D eigenvalue weighted by Crippen LogP contribution is 2.28. The predicted molar refractivity (Wildman–Crippen MR) is 145 cm³/mol. The number of nitrogens with one attached hydrogen (secondary N) is 3. The number of hydrogen-bond acceptors (Lipinski definition) is 7. The first-order valence-corrected chi connectivity index (χ1v) is 12.3. The van der Waals surface area contributed by atoms with Crippen LogP contribution in [0.15, 0.2) is 90.4 Å². The van der Waals surface area contributed by atoms with Crippen LogP contribution < -0.4 is 20.2 Å². The number of carbonyl (C=O) groups is 2. The number of aromatic amines is 1. The number of alkyl carbamates (subject to hydrolysis) is 1. The van der Waals surface area contributed by atoms with E-state index < -0.39 is 18.0 Å². The van der Waals surface area contributed by atoms with Crippen molar-refractivity contribution >= 4 is 18.2 Å². The Labute approximate surface area is 230 Å². The predicted octanol–water partition coefficient (Wildman–Crippen LogP) is 4.12. The lowest BCUT2D eigenvalue weighted by Crippen LogP contribution is -2.47. The van der Waals surface area contributed by atoms with Crippen molar-refractivity contribution < 1.29 is 28.2 Å². The van der Waals surface area contributed by atoms with Crippen molar-refractivity contribution in [1.29, 1.82) is 0 Å². The van der Waals surface area contributed by atoms with Gasteiger partial charge in [-0.1, -0.05) is 42.5 Å². The first-order valence-electron chi connectivity index (χ1n) is 12.3. The molecule has 0 aliphatic carbocycles. The summed E-state index contributed by atoms with van der Waals surface area (Å²) in [6.45, 7) is 0.299. The highest BCUT2D eigenvalue weighted by atomic mass is 19.1. The van der Waals surface area contributed by atoms with Gasteiger partial charge in [-0.3, -0.25) is 4.79 Å². The lowest BCUT2D eigenvalue weighted by Gasteiger charge is -2.16. The van der Waals surface area contributed by atoms with Crippen molar-refractivity contribution in [1.82, 2.24) is 20.7 Å². The molecule has 206 valence electrons. The topological polar surface area (TPSA) is 127 Å². The van der Waals surface area contributed by atoms with E-state index in [1.54, 1.807) is 36.5 Å². The minimum atomic E-state index is -0.974. The number of aromatic nitrogens is 2. The maximum absolute atomic E-state index is 13.1. The van der Waals surface area contributed by atoms with E-state index in [9.17, 15) is 14.0 Å². The van der Waals surface area contributed by atoms with Gasteiger partial charge in [0.15, 0.2) is 11.5 Å². The van der Waals surface area contributed by atoms with Gasteiger partial charge < -0.3 is 24.5 Å². The Kier molecular flexibility index (Phi) is 9.81. The second-order valence-corrected chi connectivity index (χ2v) is 8.60. The van der Waals surface area contributed by atoms with E-state index in [0.29, 0.717) is 22.8 Å². The van der Waals surface area contributed by atoms with Gasteiger partial charge in [0.2, 0.25) is 0 Å². The standard InChI is InChI=1S/C29H28FN5O5/c1-38-27-13-22(9-12-26(27)39-17-21-7-10-23(30)11-8-21)15-33-35-28(36)25(14-24-16-31-19-32-24)34-29(37)40-18-20-5-3-2-4-6-20/h2-13,15-16,19,25H,14,17-18H2,1H3,(H,31,32)(H,34,37)(H,35,36)/b33-15-/t25-/m1/s1. The number of nitrogens with zero attached hydrogens (tertiary/aromatic N) is 2. The van der Waals surface area contributed by atoms with Crippen LogP contribution in [-0.4, -0.2) is 41.3 Å². The lowest BCUT2D eigenvalue weighted by atomic mass is 10.1. The molecular formula is C29H28FN5O5. The molecule has 10 nitrogen and oxygen atoms in total. The minimum Gasteiger partial charge on any atom is -0.493 e. The van der Waals surface area contributed by atoms with Crippen molar-refractivity contribution in [2.24, 2.45) is 5.10 Å². The molecule has 1 atom stereocenters. The lowest BCUT2D eigenvalue weighted by molar-refractivity contribution is -0.123. The number of hydrogen-bond donors (Lipinski definition) is 3. The van der Waals surface area contributed by atoms with Crippen LogP contribution in [0.2, 0.25) is 0 Å². The van der Waals surface area contributed by atoms with Crippen molar-refractivity contribution in [2.45, 2.75) is 25.7 Å². The van der Waals surface area contributed by atoms with Gasteiger partial charge in [-0.2, -0.15) is 5.10 Å². The van der Waals surface area contributed by atoms with Gasteiger partial charge >= 0.3 is 6.09 Å². The maximum atomic E-state index is 13.1. The summed E-state index contributed by atoms with van der Waals surface area (Å²) in [5.74, 6) is 0.0837. The Bertz CT molecular complexity index is 1410. The zero-order valence-corrected chi connectivity index (χ0v) is 21.7. The number of halogens is 1. The second kappa shape index (κ2) is 14.1. The summed E-state index contributed by atoms with van der Waals surface area (Å²) in [4.78, 5) is 32.1. The van der Waals surface area contributed by atoms with Crippen LogP contribution in [-0.2, 0) is 29.2 Å². The van der Waals surface area contributed by atoms with Crippen molar-refractivity contribution in [3.63, 3.8) is 0 Å². The summed E-state index contributed by atoms with van der Waals surface area (Å²) >= 11 is 0. The summed E-state index contributed by atoms with van der Waals surface area (Å²) in [5, 5.41) is 6.60. The fourth-order valence-electron chi connectivity index (χ4n) is 3.61. The summed E-state index contributed by atoms with van der Waals surface area (Å²) < 4.78 is 29.6. The molecule has 0 saturated heterocycles. The molecule has 0 fully saturated rings. The van der Waals surface area contributed by atoms with E-state index in [1.165, 1.54) is 31.8 Å². The molecule has 1 heterocycles. The summed E-state index contributed by atoms with van der Waals surface area (Å²) in [6, 6.07) is 19.4. The molecule has 0 aliphatic heterocycles. The van der Waals surface area contributed by atoms with Crippen LogP contribution in [0.1, 0.15) is 22.4 Å². The Morgan fingerprint density at radius 3 is 2.52 bits per heavy atom. The monoisotopic (exact) mass is 545 g/mol. The molecule has 3 N–H and O–H groups in total. The summed E-state index contributed by atoms with van der Waals surface area (Å²) in [7, 11) is 1.51. The molecule has 3 aromatic carbocycles. The van der Waals surface area contributed by atoms with Crippen molar-refractivity contribution in [3.05, 3.63) is 114 Å². The van der Waals surface area contributed by atoms with Gasteiger partial charge in [-0.15, -0.1) is 0 Å². The Balaban J connectivity index is 1.34. The molecule has 0 aliphatic rings. The van der Waals surface area contributed by atoms with Gasteiger partial charge in [-0.25, -0.2) is 19.6 Å². The smallest absolute Gasteiger partial charge is 0.408 e. The zero-order valence-electron chi connectivity index (χ0n) is 21.7. The first kappa shape index (κ1) is 27.8. The highest BCUT2D eigenvalue weighted by Gasteiger charge is 2.22. The van der Waals surface area contributed by atoms with Crippen molar-refractivity contribution in [3.8, 4) is 11.5 Å². The third-order valence-electron chi connectivity index (χ3n) is 5.68. The number of amides is 2. The van der Waals surface area contributed by atoms with Crippen LogP contribution in [0.5, 0.6) is 11.5 Å². The molecule has 0 bridgehead atoms. The van der Waals surface area contributed by atoms with Gasteiger partial charge in [0.1, 0.15) is 25.1 Å². The number of ether oxygens (including phenoxy) is 3. The van der Waals surface area contributed by atoms with Crippen LogP contribution in [0.3, 0.4) is 0 Å². The molecule has 0 unspecified atom stereocenters. The van der Waals surface area contributed by atoms with E-state index in [2.05, 4.69) is 25.8 Å². The molecule has 4 aromatic rings. The average Bonchev–Trinajstić information content (AvgIpc) is 3.49. The largest absolute Gasteiger partial charge is 0.493 e. The number of hydrazone groups is 1. The Morgan fingerprint density at radius 2 is 1.80 bits per heavy atom. The molecule has 40 heavy (non-hydrogen) atoms. The van der Waals surface area contributed by atoms with E-state index in [4.69, 9.17) is 14.2 Å². The van der Waals surface area contributed by atoms with Gasteiger partial charge in [0.05, 0.1) is 19.7 Å². The van der Waals surface area contributed by atoms with Gasteiger partial charge in [0, 0.05) is 18.3 Å². The third kappa shape index (κ3) is 8.42. The molecule has 1 aromatic heterocycles. The van der Waals surface area contributed by atoms with Crippen molar-refractivity contribution in [2.75, 3.05) is 7.11 Å². The molecule has 2 amide bonds. The highest BCUT2D eigenvalue weighted by molar-refractivity contribution is 5.87. The number of rotatable bonds is 12. The fourth-order valence-corrected chi connectivity index (χ4v) is 3.61. The van der Waals surface area contributed by atoms with E-state index in [0.717, 1.165) is 11.1 Å². The van der Waals surface area contributed by atoms with Gasteiger partial charge in [0.25, 0.3) is 5.91 Å². The van der Waals surface area contributed by atoms with E-state index >= 15 is 0 Å². The number of H-pyrrole nitrogens is 1. The van der Waals surface area contributed by atoms with E-state index in [1.807, 2.05) is 30.3 Å². The maximum Gasteiger partial charge on any atom is 0.408 e. The molecule has 0 saturated carbocycles. The Morgan fingerprint density at radius 1 is 1.02 bits per heavy atom. The molecule has 0 spiro atoms. The normalized spacial score (nSPS) is 11.6. The number of methoxy groups -OCH3 is 1. The van der Waals surface area contributed by atoms with Crippen LogP contribution >= 0.6 is 0 Å². The van der Waals surface area contributed by atoms with Crippen LogP contribution in [0.4, 0.5) is 9.18 Å². The number of carbonyl (C=O) groups excluding carboxylic acids is 2. The SMILES string of the molecule is COc1cc(/C=N\NC(=O)[C@@H](Cc2cnc[nH]2)NC(=O)OCc2ccccc2)ccc1OCc1ccc(F)cc1. The summed E-state index contributed by atoms with van der Waals surface area (Å²) in [6.07, 6.45) is 3.89. The third-order valence-corrected chi connectivity index (χ3v) is 5.68. The van der Waals surface area contributed by atoms with E-state index in [-0.39, 0.29) is 25.5 Å². The molecule has 4 rings (SSSR count).